The Hall–Kier alpha value is -1.58. The lowest BCUT2D eigenvalue weighted by molar-refractivity contribution is -0.119. The van der Waals surface area contributed by atoms with Gasteiger partial charge in [0.05, 0.1) is 21.7 Å². The number of nitrogens with one attached hydrogen (secondary N) is 1. The maximum Gasteiger partial charge on any atom is 0.238 e. The van der Waals surface area contributed by atoms with Gasteiger partial charge in [-0.25, -0.2) is 18.5 Å². The normalized spacial score (nSPS) is 24.9. The maximum absolute atomic E-state index is 12.5. The van der Waals surface area contributed by atoms with Crippen LogP contribution in [-0.2, 0) is 21.4 Å². The van der Waals surface area contributed by atoms with Crippen molar-refractivity contribution in [3.63, 3.8) is 0 Å². The summed E-state index contributed by atoms with van der Waals surface area (Å²) in [6.45, 7) is 4.80. The zero-order valence-electron chi connectivity index (χ0n) is 16.8. The predicted octanol–water partition coefficient (Wildman–Crippen LogP) is 2.74. The zero-order chi connectivity index (χ0) is 20.8. The number of carbonyl (C=O) groups excluding carboxylic acids is 1. The Labute approximate surface area is 175 Å². The summed E-state index contributed by atoms with van der Waals surface area (Å²) in [5.74, 6) is 2.56. The predicted molar refractivity (Wildman–Crippen MR) is 114 cm³/mol. The monoisotopic (exact) mass is 436 g/mol. The van der Waals surface area contributed by atoms with Crippen molar-refractivity contribution < 1.29 is 13.2 Å². The zero-order valence-corrected chi connectivity index (χ0v) is 18.4. The second-order valence-corrected chi connectivity index (χ2v) is 10.8. The van der Waals surface area contributed by atoms with E-state index < -0.39 is 10.0 Å². The molecule has 9 heteroatoms. The number of primary sulfonamides is 1. The van der Waals surface area contributed by atoms with Crippen molar-refractivity contribution in [1.82, 2.24) is 14.9 Å². The largest absolute Gasteiger partial charge is 0.353 e. The van der Waals surface area contributed by atoms with E-state index >= 15 is 0 Å². The lowest BCUT2D eigenvalue weighted by Gasteiger charge is -2.28. The molecule has 1 amide bonds. The summed E-state index contributed by atoms with van der Waals surface area (Å²) >= 11 is 1.38. The molecule has 4 rings (SSSR count). The van der Waals surface area contributed by atoms with Crippen molar-refractivity contribution >= 4 is 38.7 Å². The van der Waals surface area contributed by atoms with E-state index in [1.807, 2.05) is 11.5 Å². The third kappa shape index (κ3) is 4.18. The van der Waals surface area contributed by atoms with Gasteiger partial charge in [-0.15, -0.1) is 0 Å². The molecule has 3 N–H and O–H groups in total. The summed E-state index contributed by atoms with van der Waals surface area (Å²) in [6, 6.07) is 4.90. The second kappa shape index (κ2) is 7.92. The van der Waals surface area contributed by atoms with Gasteiger partial charge in [0.15, 0.2) is 5.16 Å². The highest BCUT2D eigenvalue weighted by molar-refractivity contribution is 7.99. The highest BCUT2D eigenvalue weighted by Gasteiger charge is 2.42. The Kier molecular flexibility index (Phi) is 5.65. The minimum atomic E-state index is -3.78. The van der Waals surface area contributed by atoms with Crippen LogP contribution in [0.5, 0.6) is 0 Å². The van der Waals surface area contributed by atoms with Crippen molar-refractivity contribution in [2.75, 3.05) is 5.75 Å². The van der Waals surface area contributed by atoms with E-state index in [0.717, 1.165) is 17.4 Å². The number of benzene rings is 1. The van der Waals surface area contributed by atoms with Gasteiger partial charge < -0.3 is 9.88 Å². The van der Waals surface area contributed by atoms with Crippen molar-refractivity contribution in [3.05, 3.63) is 18.2 Å². The van der Waals surface area contributed by atoms with Gasteiger partial charge in [-0.1, -0.05) is 18.2 Å². The number of aromatic nitrogens is 2. The van der Waals surface area contributed by atoms with Crippen LogP contribution < -0.4 is 10.5 Å². The van der Waals surface area contributed by atoms with Gasteiger partial charge in [0.1, 0.15) is 0 Å². The number of thioether (sulfide) groups is 1. The van der Waals surface area contributed by atoms with Gasteiger partial charge >= 0.3 is 0 Å². The number of hydrogen-bond acceptors (Lipinski definition) is 5. The molecule has 2 fully saturated rings. The molecule has 1 aromatic heterocycles. The van der Waals surface area contributed by atoms with Crippen molar-refractivity contribution in [2.45, 2.75) is 62.2 Å². The van der Waals surface area contributed by atoms with Gasteiger partial charge in [0, 0.05) is 12.6 Å². The minimum absolute atomic E-state index is 0.0187. The highest BCUT2D eigenvalue weighted by atomic mass is 32.2. The topological polar surface area (TPSA) is 107 Å². The molecule has 0 spiro atoms. The molecule has 0 saturated heterocycles. The summed E-state index contributed by atoms with van der Waals surface area (Å²) in [6.07, 6.45) is 5.25. The number of aryl methyl sites for hydroxylation is 1. The van der Waals surface area contributed by atoms with Crippen LogP contribution in [0.3, 0.4) is 0 Å². The smallest absolute Gasteiger partial charge is 0.238 e. The van der Waals surface area contributed by atoms with Crippen LogP contribution in [0.25, 0.3) is 11.0 Å². The number of amides is 1. The summed E-state index contributed by atoms with van der Waals surface area (Å²) < 4.78 is 25.2. The SMILES string of the molecule is CCn1c(SCC(=O)N[C@@H](C)[C@@H]2C[C@@H]3CC[C@@H]2C3)nc2cc(S(N)(=O)=O)ccc21. The molecule has 2 aliphatic rings. The average Bonchev–Trinajstić information content (AvgIpc) is 3.38. The average molecular weight is 437 g/mol. The quantitative estimate of drug-likeness (QED) is 0.649. The van der Waals surface area contributed by atoms with Gasteiger partial charge in [0.25, 0.3) is 0 Å². The number of nitrogens with zero attached hydrogens (tertiary/aromatic N) is 2. The van der Waals surface area contributed by atoms with Gasteiger partial charge in [-0.2, -0.15) is 0 Å². The number of fused-ring (bicyclic) bond motifs is 3. The first kappa shape index (κ1) is 20.7. The lowest BCUT2D eigenvalue weighted by Crippen LogP contribution is -2.40. The van der Waals surface area contributed by atoms with Crippen molar-refractivity contribution in [1.29, 1.82) is 0 Å². The maximum atomic E-state index is 12.5. The van der Waals surface area contributed by atoms with Gasteiger partial charge in [0.2, 0.25) is 15.9 Å². The van der Waals surface area contributed by atoms with Crippen LogP contribution in [0, 0.1) is 17.8 Å². The first-order valence-electron chi connectivity index (χ1n) is 10.2. The number of carbonyl (C=O) groups is 1. The van der Waals surface area contributed by atoms with Crippen LogP contribution in [0.2, 0.25) is 0 Å². The van der Waals surface area contributed by atoms with Crippen LogP contribution in [0.1, 0.15) is 39.5 Å². The van der Waals surface area contributed by atoms with Crippen LogP contribution in [0.15, 0.2) is 28.3 Å². The Balaban J connectivity index is 1.42. The molecule has 0 aliphatic heterocycles. The molecule has 2 saturated carbocycles. The Morgan fingerprint density at radius 1 is 1.38 bits per heavy atom. The third-order valence-corrected chi connectivity index (χ3v) is 8.37. The van der Waals surface area contributed by atoms with Crippen LogP contribution in [-0.4, -0.2) is 35.7 Å². The fourth-order valence-corrected chi connectivity index (χ4v) is 6.54. The molecule has 2 bridgehead atoms. The number of sulfonamides is 1. The third-order valence-electron chi connectivity index (χ3n) is 6.49. The molecule has 2 aromatic rings. The second-order valence-electron chi connectivity index (χ2n) is 8.32. The highest BCUT2D eigenvalue weighted by Crippen LogP contribution is 2.49. The van der Waals surface area contributed by atoms with Crippen LogP contribution >= 0.6 is 11.8 Å². The molecule has 1 aromatic carbocycles. The molecule has 158 valence electrons. The fourth-order valence-electron chi connectivity index (χ4n) is 5.12. The van der Waals surface area contributed by atoms with Crippen molar-refractivity contribution in [3.8, 4) is 0 Å². The van der Waals surface area contributed by atoms with E-state index in [4.69, 9.17) is 5.14 Å². The summed E-state index contributed by atoms with van der Waals surface area (Å²) in [5.41, 5.74) is 1.40. The molecule has 7 nitrogen and oxygen atoms in total. The Morgan fingerprint density at radius 2 is 2.17 bits per heavy atom. The standard InChI is InChI=1S/C20H28N4O3S2/c1-3-24-18-7-6-15(29(21,26)27)10-17(18)23-20(24)28-11-19(25)22-12(2)16-9-13-4-5-14(16)8-13/h6-7,10,12-14,16H,3-5,8-9,11H2,1-2H3,(H,22,25)(H2,21,26,27)/t12-,13+,14+,16-/m0/s1. The lowest BCUT2D eigenvalue weighted by atomic mass is 9.84. The minimum Gasteiger partial charge on any atom is -0.353 e. The van der Waals surface area contributed by atoms with Gasteiger partial charge in [-0.05, 0) is 69.1 Å². The first-order valence-corrected chi connectivity index (χ1v) is 12.7. The summed E-state index contributed by atoms with van der Waals surface area (Å²) in [7, 11) is -3.78. The number of imidazole rings is 1. The van der Waals surface area contributed by atoms with E-state index in [-0.39, 0.29) is 22.6 Å². The number of rotatable bonds is 7. The molecule has 29 heavy (non-hydrogen) atoms. The van der Waals surface area contributed by atoms with Gasteiger partial charge in [-0.3, -0.25) is 4.79 Å². The Morgan fingerprint density at radius 3 is 2.79 bits per heavy atom. The number of hydrogen-bond donors (Lipinski definition) is 2. The molecular formula is C20H28N4O3S2. The first-order chi connectivity index (χ1) is 13.8. The molecule has 0 unspecified atom stereocenters. The summed E-state index contributed by atoms with van der Waals surface area (Å²) in [4.78, 5) is 17.1. The molecule has 4 atom stereocenters. The molecule has 1 heterocycles. The Bertz CT molecular complexity index is 1030. The molecular weight excluding hydrogens is 408 g/mol. The molecule has 2 aliphatic carbocycles. The van der Waals surface area contributed by atoms with E-state index in [0.29, 0.717) is 23.1 Å². The van der Waals surface area contributed by atoms with E-state index in [1.165, 1.54) is 49.6 Å². The van der Waals surface area contributed by atoms with Crippen molar-refractivity contribution in [2.24, 2.45) is 22.9 Å². The number of nitrogens with two attached hydrogens (primary N) is 1. The van der Waals surface area contributed by atoms with Crippen LogP contribution in [0.4, 0.5) is 0 Å². The fraction of sp³-hybridized carbons (Fsp3) is 0.600. The van der Waals surface area contributed by atoms with E-state index in [9.17, 15) is 13.2 Å². The summed E-state index contributed by atoms with van der Waals surface area (Å²) in [5, 5.41) is 9.11. The van der Waals surface area contributed by atoms with E-state index in [2.05, 4.69) is 17.2 Å². The molecule has 0 radical (unpaired) electrons. The van der Waals surface area contributed by atoms with E-state index in [1.54, 1.807) is 6.07 Å².